The van der Waals surface area contributed by atoms with Crippen LogP contribution in [0, 0.1) is 11.3 Å². The van der Waals surface area contributed by atoms with Gasteiger partial charge in [-0.15, -0.1) is 0 Å². The molecule has 33 heavy (non-hydrogen) atoms. The standard InChI is InChI=1S/C30H27NO2/c1-29(2,23-12-16-27(32)17-13-23)22-8-10-25(11-9-22)30(3,26-14-18-28(33)19-15-26)24-6-4-21(20-31)5-7-24/h4-19,32-33H,1-3H3. The van der Waals surface area contributed by atoms with Crippen molar-refractivity contribution < 1.29 is 10.2 Å². The average Bonchev–Trinajstić information content (AvgIpc) is 2.84. The molecule has 0 aliphatic carbocycles. The first kappa shape index (κ1) is 22.2. The summed E-state index contributed by atoms with van der Waals surface area (Å²) < 4.78 is 0. The molecule has 4 aromatic rings. The Morgan fingerprint density at radius 1 is 0.515 bits per heavy atom. The molecule has 0 heterocycles. The highest BCUT2D eigenvalue weighted by Crippen LogP contribution is 2.41. The molecule has 0 spiro atoms. The molecule has 4 aromatic carbocycles. The van der Waals surface area contributed by atoms with Gasteiger partial charge in [0.15, 0.2) is 0 Å². The van der Waals surface area contributed by atoms with Crippen molar-refractivity contribution in [3.8, 4) is 17.6 Å². The van der Waals surface area contributed by atoms with Crippen LogP contribution in [0.1, 0.15) is 54.2 Å². The zero-order valence-corrected chi connectivity index (χ0v) is 19.1. The van der Waals surface area contributed by atoms with Crippen LogP contribution in [0.2, 0.25) is 0 Å². The monoisotopic (exact) mass is 433 g/mol. The topological polar surface area (TPSA) is 64.2 Å². The van der Waals surface area contributed by atoms with Crippen LogP contribution in [-0.4, -0.2) is 10.2 Å². The Hall–Kier alpha value is -4.03. The molecule has 3 heteroatoms. The van der Waals surface area contributed by atoms with E-state index in [1.54, 1.807) is 24.3 Å². The van der Waals surface area contributed by atoms with E-state index < -0.39 is 5.41 Å². The lowest BCUT2D eigenvalue weighted by molar-refractivity contribution is 0.474. The lowest BCUT2D eigenvalue weighted by Crippen LogP contribution is -2.26. The van der Waals surface area contributed by atoms with Crippen LogP contribution in [0.5, 0.6) is 11.5 Å². The second kappa shape index (κ2) is 8.48. The van der Waals surface area contributed by atoms with Crippen molar-refractivity contribution in [2.24, 2.45) is 0 Å². The summed E-state index contributed by atoms with van der Waals surface area (Å²) in [7, 11) is 0. The minimum Gasteiger partial charge on any atom is -0.508 e. The van der Waals surface area contributed by atoms with E-state index in [1.807, 2.05) is 48.5 Å². The quantitative estimate of drug-likeness (QED) is 0.346. The van der Waals surface area contributed by atoms with Crippen molar-refractivity contribution >= 4 is 0 Å². The summed E-state index contributed by atoms with van der Waals surface area (Å²) in [6.45, 7) is 6.52. The number of benzene rings is 4. The molecule has 3 nitrogen and oxygen atoms in total. The molecule has 164 valence electrons. The first-order valence-corrected chi connectivity index (χ1v) is 11.0. The van der Waals surface area contributed by atoms with E-state index in [1.165, 1.54) is 5.56 Å². The zero-order chi connectivity index (χ0) is 23.6. The minimum absolute atomic E-state index is 0.227. The van der Waals surface area contributed by atoms with Gasteiger partial charge in [-0.2, -0.15) is 5.26 Å². The number of hydrogen-bond acceptors (Lipinski definition) is 3. The van der Waals surface area contributed by atoms with E-state index >= 15 is 0 Å². The maximum atomic E-state index is 9.83. The fourth-order valence-corrected chi connectivity index (χ4v) is 4.44. The Kier molecular flexibility index (Phi) is 5.70. The Bertz CT molecular complexity index is 1280. The van der Waals surface area contributed by atoms with Crippen molar-refractivity contribution in [3.63, 3.8) is 0 Å². The summed E-state index contributed by atoms with van der Waals surface area (Å²) in [6, 6.07) is 33.2. The highest BCUT2D eigenvalue weighted by atomic mass is 16.3. The molecule has 2 N–H and O–H groups in total. The van der Waals surface area contributed by atoms with E-state index in [9.17, 15) is 15.5 Å². The molecule has 0 saturated heterocycles. The van der Waals surface area contributed by atoms with Crippen LogP contribution < -0.4 is 0 Å². The number of nitrogens with zero attached hydrogens (tertiary/aromatic N) is 1. The normalized spacial score (nSPS) is 13.2. The largest absolute Gasteiger partial charge is 0.508 e. The second-order valence-corrected chi connectivity index (χ2v) is 9.11. The van der Waals surface area contributed by atoms with Gasteiger partial charge in [0.2, 0.25) is 0 Å². The van der Waals surface area contributed by atoms with Crippen molar-refractivity contribution in [3.05, 3.63) is 130 Å². The number of aromatic hydroxyl groups is 2. The molecule has 0 aromatic heterocycles. The van der Waals surface area contributed by atoms with E-state index in [4.69, 9.17) is 0 Å². The van der Waals surface area contributed by atoms with Crippen LogP contribution in [0.3, 0.4) is 0 Å². The SMILES string of the molecule is CC(C)(c1ccc(O)cc1)c1ccc(C(C)(c2ccc(O)cc2)c2ccc(C#N)cc2)cc1. The molecule has 0 aliphatic heterocycles. The Morgan fingerprint density at radius 3 is 1.21 bits per heavy atom. The van der Waals surface area contributed by atoms with Gasteiger partial charge in [-0.1, -0.05) is 74.5 Å². The van der Waals surface area contributed by atoms with E-state index in [-0.39, 0.29) is 16.9 Å². The maximum Gasteiger partial charge on any atom is 0.115 e. The van der Waals surface area contributed by atoms with Crippen LogP contribution >= 0.6 is 0 Å². The molecule has 0 aliphatic rings. The summed E-state index contributed by atoms with van der Waals surface area (Å²) in [5.74, 6) is 0.490. The zero-order valence-electron chi connectivity index (χ0n) is 19.1. The molecule has 1 unspecified atom stereocenters. The summed E-state index contributed by atoms with van der Waals surface area (Å²) in [6.07, 6.45) is 0. The van der Waals surface area contributed by atoms with Gasteiger partial charge in [-0.05, 0) is 71.1 Å². The van der Waals surface area contributed by atoms with Crippen LogP contribution in [0.25, 0.3) is 0 Å². The predicted octanol–water partition coefficient (Wildman–Crippen LogP) is 6.65. The molecule has 0 fully saturated rings. The molecule has 0 bridgehead atoms. The molecule has 0 radical (unpaired) electrons. The average molecular weight is 434 g/mol. The molecular weight excluding hydrogens is 406 g/mol. The van der Waals surface area contributed by atoms with Crippen LogP contribution in [0.4, 0.5) is 0 Å². The van der Waals surface area contributed by atoms with Crippen LogP contribution in [-0.2, 0) is 10.8 Å². The lowest BCUT2D eigenvalue weighted by atomic mass is 9.70. The number of hydrogen-bond donors (Lipinski definition) is 2. The fourth-order valence-electron chi connectivity index (χ4n) is 4.44. The summed E-state index contributed by atoms with van der Waals surface area (Å²) >= 11 is 0. The summed E-state index contributed by atoms with van der Waals surface area (Å²) in [5, 5.41) is 28.7. The molecule has 1 atom stereocenters. The number of rotatable bonds is 5. The molecule has 0 amide bonds. The van der Waals surface area contributed by atoms with Crippen molar-refractivity contribution in [2.75, 3.05) is 0 Å². The van der Waals surface area contributed by atoms with Gasteiger partial charge >= 0.3 is 0 Å². The third kappa shape index (κ3) is 4.08. The second-order valence-electron chi connectivity index (χ2n) is 9.11. The Morgan fingerprint density at radius 2 is 0.818 bits per heavy atom. The third-order valence-corrected chi connectivity index (χ3v) is 6.81. The maximum absolute atomic E-state index is 9.83. The van der Waals surface area contributed by atoms with Crippen LogP contribution in [0.15, 0.2) is 97.1 Å². The highest BCUT2D eigenvalue weighted by molar-refractivity contribution is 5.52. The molecular formula is C30H27NO2. The number of nitriles is 1. The Labute approximate surface area is 195 Å². The van der Waals surface area contributed by atoms with E-state index in [0.29, 0.717) is 5.56 Å². The molecule has 0 saturated carbocycles. The van der Waals surface area contributed by atoms with Gasteiger partial charge in [0.25, 0.3) is 0 Å². The van der Waals surface area contributed by atoms with Gasteiger partial charge in [-0.25, -0.2) is 0 Å². The first-order chi connectivity index (χ1) is 15.7. The predicted molar refractivity (Wildman–Crippen MR) is 131 cm³/mol. The first-order valence-electron chi connectivity index (χ1n) is 11.0. The van der Waals surface area contributed by atoms with Crippen molar-refractivity contribution in [1.82, 2.24) is 0 Å². The van der Waals surface area contributed by atoms with Crippen molar-refractivity contribution in [2.45, 2.75) is 31.6 Å². The highest BCUT2D eigenvalue weighted by Gasteiger charge is 2.32. The van der Waals surface area contributed by atoms with Gasteiger partial charge in [0.1, 0.15) is 11.5 Å². The summed E-state index contributed by atoms with van der Waals surface area (Å²) in [5.41, 5.74) is 5.46. The van der Waals surface area contributed by atoms with Gasteiger partial charge < -0.3 is 10.2 Å². The van der Waals surface area contributed by atoms with Gasteiger partial charge in [0, 0.05) is 10.8 Å². The number of phenolic OH excluding ortho intramolecular Hbond substituents is 2. The van der Waals surface area contributed by atoms with Gasteiger partial charge in [-0.3, -0.25) is 0 Å². The molecule has 4 rings (SSSR count). The summed E-state index contributed by atoms with van der Waals surface area (Å²) in [4.78, 5) is 0. The van der Waals surface area contributed by atoms with Gasteiger partial charge in [0.05, 0.1) is 11.6 Å². The smallest absolute Gasteiger partial charge is 0.115 e. The third-order valence-electron chi connectivity index (χ3n) is 6.81. The number of phenols is 2. The minimum atomic E-state index is -0.469. The van der Waals surface area contributed by atoms with Crippen molar-refractivity contribution in [1.29, 1.82) is 5.26 Å². The van der Waals surface area contributed by atoms with E-state index in [2.05, 4.69) is 51.1 Å². The Balaban J connectivity index is 1.80. The van der Waals surface area contributed by atoms with E-state index in [0.717, 1.165) is 22.3 Å². The fraction of sp³-hybridized carbons (Fsp3) is 0.167. The lowest BCUT2D eigenvalue weighted by Gasteiger charge is -2.33.